The predicted octanol–water partition coefficient (Wildman–Crippen LogP) is 4.12. The Morgan fingerprint density at radius 3 is 2.66 bits per heavy atom. The molecule has 2 N–H and O–H groups in total. The van der Waals surface area contributed by atoms with E-state index in [2.05, 4.69) is 20.7 Å². The van der Waals surface area contributed by atoms with Gasteiger partial charge in [0, 0.05) is 42.1 Å². The lowest BCUT2D eigenvalue weighted by Crippen LogP contribution is -2.30. The molecule has 0 aliphatic carbocycles. The van der Waals surface area contributed by atoms with Crippen LogP contribution < -0.4 is 20.1 Å². The normalized spacial score (nSPS) is 11.2. The summed E-state index contributed by atoms with van der Waals surface area (Å²) in [5.74, 6) is 2.01. The van der Waals surface area contributed by atoms with E-state index < -0.39 is 0 Å². The van der Waals surface area contributed by atoms with Crippen LogP contribution in [0.3, 0.4) is 0 Å². The highest BCUT2D eigenvalue weighted by molar-refractivity contribution is 6.30. The van der Waals surface area contributed by atoms with Gasteiger partial charge in [-0.2, -0.15) is 5.10 Å². The number of aliphatic imine (C=N–C) groups is 1. The van der Waals surface area contributed by atoms with Gasteiger partial charge < -0.3 is 20.1 Å². The number of anilines is 1. The number of rotatable bonds is 7. The molecular weight excluding hydrogens is 390 g/mol. The largest absolute Gasteiger partial charge is 0.493 e. The van der Waals surface area contributed by atoms with E-state index in [1.807, 2.05) is 61.8 Å². The standard InChI is InChI=1S/C21H24ClN5O2/c1-4-29-20-11-17(7-10-19(20)28-3)26-21(23-2)24-12-15-13-25-27(14-15)18-8-5-16(22)6-9-18/h5-11,13-14H,4,12H2,1-3H3,(H2,23,24,26). The van der Waals surface area contributed by atoms with Gasteiger partial charge in [-0.3, -0.25) is 4.99 Å². The molecule has 1 heterocycles. The average molecular weight is 414 g/mol. The number of guanidine groups is 1. The van der Waals surface area contributed by atoms with Gasteiger partial charge in [-0.25, -0.2) is 4.68 Å². The van der Waals surface area contributed by atoms with E-state index in [1.165, 1.54) is 0 Å². The third kappa shape index (κ3) is 5.42. The Morgan fingerprint density at radius 2 is 1.97 bits per heavy atom. The summed E-state index contributed by atoms with van der Waals surface area (Å²) in [6.45, 7) is 3.07. The summed E-state index contributed by atoms with van der Waals surface area (Å²) >= 11 is 5.94. The zero-order valence-electron chi connectivity index (χ0n) is 16.6. The van der Waals surface area contributed by atoms with Crippen LogP contribution in [0.25, 0.3) is 5.69 Å². The van der Waals surface area contributed by atoms with Crippen LogP contribution in [0.15, 0.2) is 59.9 Å². The second-order valence-corrected chi connectivity index (χ2v) is 6.56. The monoisotopic (exact) mass is 413 g/mol. The first-order valence-electron chi connectivity index (χ1n) is 9.21. The second kappa shape index (κ2) is 9.84. The summed E-state index contributed by atoms with van der Waals surface area (Å²) in [6, 6.07) is 13.2. The second-order valence-electron chi connectivity index (χ2n) is 6.12. The number of halogens is 1. The Kier molecular flexibility index (Phi) is 6.97. The highest BCUT2D eigenvalue weighted by Crippen LogP contribution is 2.30. The molecule has 0 saturated heterocycles. The molecule has 0 fully saturated rings. The highest BCUT2D eigenvalue weighted by Gasteiger charge is 2.08. The zero-order chi connectivity index (χ0) is 20.6. The van der Waals surface area contributed by atoms with Crippen LogP contribution in [0, 0.1) is 0 Å². The van der Waals surface area contributed by atoms with Gasteiger partial charge in [-0.05, 0) is 43.3 Å². The van der Waals surface area contributed by atoms with E-state index in [0.717, 1.165) is 16.9 Å². The first kappa shape index (κ1) is 20.5. The summed E-state index contributed by atoms with van der Waals surface area (Å²) < 4.78 is 12.7. The van der Waals surface area contributed by atoms with Crippen LogP contribution >= 0.6 is 11.6 Å². The predicted molar refractivity (Wildman–Crippen MR) is 117 cm³/mol. The minimum Gasteiger partial charge on any atom is -0.493 e. The van der Waals surface area contributed by atoms with Crippen molar-refractivity contribution in [2.75, 3.05) is 26.1 Å². The number of methoxy groups -OCH3 is 1. The van der Waals surface area contributed by atoms with E-state index >= 15 is 0 Å². The Hall–Kier alpha value is -3.19. The first-order valence-corrected chi connectivity index (χ1v) is 9.58. The molecule has 0 aliphatic rings. The fraction of sp³-hybridized carbons (Fsp3) is 0.238. The fourth-order valence-corrected chi connectivity index (χ4v) is 2.84. The number of benzene rings is 2. The molecule has 2 aromatic carbocycles. The Balaban J connectivity index is 1.63. The maximum absolute atomic E-state index is 5.94. The number of ether oxygens (including phenoxy) is 2. The van der Waals surface area contributed by atoms with Gasteiger partial charge >= 0.3 is 0 Å². The van der Waals surface area contributed by atoms with Crippen molar-refractivity contribution in [1.82, 2.24) is 15.1 Å². The summed E-state index contributed by atoms with van der Waals surface area (Å²) in [5.41, 5.74) is 2.82. The van der Waals surface area contributed by atoms with Gasteiger partial charge in [0.05, 0.1) is 25.6 Å². The molecule has 0 aliphatic heterocycles. The fourth-order valence-electron chi connectivity index (χ4n) is 2.71. The zero-order valence-corrected chi connectivity index (χ0v) is 17.4. The maximum Gasteiger partial charge on any atom is 0.195 e. The molecule has 8 heteroatoms. The molecule has 3 aromatic rings. The van der Waals surface area contributed by atoms with Crippen molar-refractivity contribution in [2.24, 2.45) is 4.99 Å². The lowest BCUT2D eigenvalue weighted by molar-refractivity contribution is 0.311. The maximum atomic E-state index is 5.94. The minimum atomic E-state index is 0.560. The molecule has 0 atom stereocenters. The van der Waals surface area contributed by atoms with Crippen LogP contribution in [0.4, 0.5) is 5.69 Å². The molecule has 0 bridgehead atoms. The van der Waals surface area contributed by atoms with E-state index in [-0.39, 0.29) is 0 Å². The van der Waals surface area contributed by atoms with E-state index in [9.17, 15) is 0 Å². The smallest absolute Gasteiger partial charge is 0.195 e. The van der Waals surface area contributed by atoms with Gasteiger partial charge in [0.2, 0.25) is 0 Å². The Bertz CT molecular complexity index is 969. The van der Waals surface area contributed by atoms with Crippen LogP contribution in [-0.4, -0.2) is 36.5 Å². The molecule has 1 aromatic heterocycles. The van der Waals surface area contributed by atoms with Gasteiger partial charge in [0.25, 0.3) is 0 Å². The SMILES string of the molecule is CCOc1cc(NC(=NC)NCc2cnn(-c3ccc(Cl)cc3)c2)ccc1OC. The van der Waals surface area contributed by atoms with Crippen molar-refractivity contribution in [2.45, 2.75) is 13.5 Å². The van der Waals surface area contributed by atoms with Crippen molar-refractivity contribution in [3.63, 3.8) is 0 Å². The molecule has 152 valence electrons. The van der Waals surface area contributed by atoms with E-state index in [4.69, 9.17) is 21.1 Å². The topological polar surface area (TPSA) is 72.7 Å². The van der Waals surface area contributed by atoms with Gasteiger partial charge in [0.1, 0.15) is 0 Å². The quantitative estimate of drug-likeness (QED) is 0.450. The molecule has 0 unspecified atom stereocenters. The summed E-state index contributed by atoms with van der Waals surface area (Å²) in [7, 11) is 3.34. The van der Waals surface area contributed by atoms with Crippen molar-refractivity contribution in [1.29, 1.82) is 0 Å². The lowest BCUT2D eigenvalue weighted by atomic mass is 10.2. The number of hydrogen-bond acceptors (Lipinski definition) is 4. The van der Waals surface area contributed by atoms with Crippen molar-refractivity contribution in [3.8, 4) is 17.2 Å². The summed E-state index contributed by atoms with van der Waals surface area (Å²) in [6.07, 6.45) is 3.78. The third-order valence-electron chi connectivity index (χ3n) is 4.14. The minimum absolute atomic E-state index is 0.560. The Labute approximate surface area is 175 Å². The highest BCUT2D eigenvalue weighted by atomic mass is 35.5. The molecule has 0 radical (unpaired) electrons. The molecule has 0 spiro atoms. The van der Waals surface area contributed by atoms with Gasteiger partial charge in [0.15, 0.2) is 17.5 Å². The van der Waals surface area contributed by atoms with Crippen molar-refractivity contribution >= 4 is 23.2 Å². The van der Waals surface area contributed by atoms with E-state index in [1.54, 1.807) is 18.8 Å². The van der Waals surface area contributed by atoms with Gasteiger partial charge in [-0.1, -0.05) is 11.6 Å². The summed E-state index contributed by atoms with van der Waals surface area (Å²) in [5, 5.41) is 11.6. The van der Waals surface area contributed by atoms with Crippen LogP contribution in [-0.2, 0) is 6.54 Å². The molecule has 3 rings (SSSR count). The number of nitrogens with one attached hydrogen (secondary N) is 2. The molecule has 0 amide bonds. The molecule has 0 saturated carbocycles. The molecule has 29 heavy (non-hydrogen) atoms. The average Bonchev–Trinajstić information content (AvgIpc) is 3.21. The number of hydrogen-bond donors (Lipinski definition) is 2. The first-order chi connectivity index (χ1) is 14.1. The van der Waals surface area contributed by atoms with Crippen LogP contribution in [0.5, 0.6) is 11.5 Å². The number of aromatic nitrogens is 2. The summed E-state index contributed by atoms with van der Waals surface area (Å²) in [4.78, 5) is 4.27. The molecular formula is C21H24ClN5O2. The van der Waals surface area contributed by atoms with E-state index in [0.29, 0.717) is 35.6 Å². The van der Waals surface area contributed by atoms with Crippen molar-refractivity contribution in [3.05, 3.63) is 65.4 Å². The van der Waals surface area contributed by atoms with Gasteiger partial charge in [-0.15, -0.1) is 0 Å². The van der Waals surface area contributed by atoms with Crippen molar-refractivity contribution < 1.29 is 9.47 Å². The molecule has 7 nitrogen and oxygen atoms in total. The third-order valence-corrected chi connectivity index (χ3v) is 4.39. The lowest BCUT2D eigenvalue weighted by Gasteiger charge is -2.14. The van der Waals surface area contributed by atoms with Crippen LogP contribution in [0.1, 0.15) is 12.5 Å². The Morgan fingerprint density at radius 1 is 1.17 bits per heavy atom. The van der Waals surface area contributed by atoms with Crippen LogP contribution in [0.2, 0.25) is 5.02 Å². The number of nitrogens with zero attached hydrogens (tertiary/aromatic N) is 3.